The summed E-state index contributed by atoms with van der Waals surface area (Å²) in [4.78, 5) is 16.2. The van der Waals surface area contributed by atoms with E-state index >= 15 is 0 Å². The van der Waals surface area contributed by atoms with E-state index in [2.05, 4.69) is 34.8 Å². The van der Waals surface area contributed by atoms with Crippen LogP contribution in [0.5, 0.6) is 0 Å². The van der Waals surface area contributed by atoms with Crippen LogP contribution >= 0.6 is 24.0 Å². The number of unbranched alkanes of at least 4 members (excludes halogenated alkanes) is 1. The molecule has 0 bridgehead atoms. The zero-order valence-electron chi connectivity index (χ0n) is 16.6. The van der Waals surface area contributed by atoms with Crippen molar-refractivity contribution < 1.29 is 4.79 Å². The third kappa shape index (κ3) is 9.40. The lowest BCUT2D eigenvalue weighted by Gasteiger charge is -2.18. The number of halogens is 1. The highest BCUT2D eigenvalue weighted by Gasteiger charge is 2.08. The van der Waals surface area contributed by atoms with Crippen molar-refractivity contribution in [3.63, 3.8) is 0 Å². The Morgan fingerprint density at radius 2 is 1.92 bits per heavy atom. The van der Waals surface area contributed by atoms with Crippen LogP contribution in [0.2, 0.25) is 0 Å². The van der Waals surface area contributed by atoms with E-state index in [0.717, 1.165) is 18.1 Å². The molecule has 0 radical (unpaired) electrons. The van der Waals surface area contributed by atoms with Crippen molar-refractivity contribution in [3.05, 3.63) is 35.4 Å². The van der Waals surface area contributed by atoms with E-state index in [-0.39, 0.29) is 29.9 Å². The minimum absolute atomic E-state index is 0. The molecule has 1 unspecified atom stereocenters. The maximum Gasteiger partial charge on any atom is 0.251 e. The summed E-state index contributed by atoms with van der Waals surface area (Å²) in [5, 5.41) is 9.57. The Balaban J connectivity index is 0.00000625. The van der Waals surface area contributed by atoms with Gasteiger partial charge in [0.15, 0.2) is 5.96 Å². The number of hydrogen-bond acceptors (Lipinski definition) is 2. The molecular formula is C20H35IN4O. The van der Waals surface area contributed by atoms with Crippen LogP contribution in [-0.4, -0.2) is 32.0 Å². The second kappa shape index (κ2) is 14.8. The van der Waals surface area contributed by atoms with Crippen LogP contribution in [0.25, 0.3) is 0 Å². The highest BCUT2D eigenvalue weighted by Crippen LogP contribution is 2.11. The third-order valence-corrected chi connectivity index (χ3v) is 4.31. The zero-order valence-corrected chi connectivity index (χ0v) is 18.9. The fraction of sp³-hybridized carbons (Fsp3) is 0.600. The minimum atomic E-state index is -0.0337. The molecule has 0 aliphatic rings. The molecule has 148 valence electrons. The molecule has 0 aliphatic heterocycles. The van der Waals surface area contributed by atoms with E-state index in [1.165, 1.54) is 25.7 Å². The molecule has 26 heavy (non-hydrogen) atoms. The quantitative estimate of drug-likeness (QED) is 0.274. The average molecular weight is 474 g/mol. The number of amides is 1. The molecule has 1 aromatic carbocycles. The molecule has 1 amide bonds. The minimum Gasteiger partial charge on any atom is -0.356 e. The normalized spacial score (nSPS) is 12.1. The Kier molecular flexibility index (Phi) is 14.1. The fourth-order valence-electron chi connectivity index (χ4n) is 2.68. The van der Waals surface area contributed by atoms with Crippen LogP contribution in [0, 0.1) is 5.92 Å². The molecule has 1 aromatic rings. The molecule has 1 rings (SSSR count). The fourth-order valence-corrected chi connectivity index (χ4v) is 2.68. The van der Waals surface area contributed by atoms with Gasteiger partial charge in [-0.1, -0.05) is 45.2 Å². The summed E-state index contributed by atoms with van der Waals surface area (Å²) in [6.07, 6.45) is 4.95. The summed E-state index contributed by atoms with van der Waals surface area (Å²) in [7, 11) is 1.79. The Morgan fingerprint density at radius 3 is 2.54 bits per heavy atom. The average Bonchev–Trinajstić information content (AvgIpc) is 2.64. The second-order valence-corrected chi connectivity index (χ2v) is 6.28. The van der Waals surface area contributed by atoms with Gasteiger partial charge in [-0.2, -0.15) is 0 Å². The van der Waals surface area contributed by atoms with Gasteiger partial charge in [0.05, 0.1) is 0 Å². The number of hydrogen-bond donors (Lipinski definition) is 3. The predicted octanol–water partition coefficient (Wildman–Crippen LogP) is 3.94. The molecule has 0 saturated heterocycles. The van der Waals surface area contributed by atoms with Crippen molar-refractivity contribution >= 4 is 35.8 Å². The zero-order chi connectivity index (χ0) is 18.5. The number of aliphatic imine (C=N–C) groups is 1. The largest absolute Gasteiger partial charge is 0.356 e. The first-order valence-electron chi connectivity index (χ1n) is 9.46. The van der Waals surface area contributed by atoms with E-state index in [4.69, 9.17) is 0 Å². The van der Waals surface area contributed by atoms with Crippen LogP contribution in [-0.2, 0) is 6.54 Å². The van der Waals surface area contributed by atoms with Crippen LogP contribution in [0.3, 0.4) is 0 Å². The first-order valence-corrected chi connectivity index (χ1v) is 9.46. The van der Waals surface area contributed by atoms with Gasteiger partial charge in [-0.3, -0.25) is 9.79 Å². The summed E-state index contributed by atoms with van der Waals surface area (Å²) in [5.74, 6) is 1.45. The topological polar surface area (TPSA) is 65.5 Å². The molecule has 0 aromatic heterocycles. The molecule has 0 spiro atoms. The van der Waals surface area contributed by atoms with Crippen LogP contribution in [0.15, 0.2) is 29.3 Å². The molecule has 0 heterocycles. The number of carbonyl (C=O) groups is 1. The van der Waals surface area contributed by atoms with Gasteiger partial charge >= 0.3 is 0 Å². The maximum absolute atomic E-state index is 11.9. The summed E-state index contributed by atoms with van der Waals surface area (Å²) >= 11 is 0. The molecular weight excluding hydrogens is 439 g/mol. The van der Waals surface area contributed by atoms with Crippen LogP contribution < -0.4 is 16.0 Å². The van der Waals surface area contributed by atoms with Gasteiger partial charge in [-0.15, -0.1) is 24.0 Å². The first kappa shape index (κ1) is 24.7. The molecule has 1 atom stereocenters. The number of nitrogens with one attached hydrogen (secondary N) is 3. The lowest BCUT2D eigenvalue weighted by atomic mass is 9.99. The van der Waals surface area contributed by atoms with Gasteiger partial charge < -0.3 is 16.0 Å². The monoisotopic (exact) mass is 474 g/mol. The summed E-state index contributed by atoms with van der Waals surface area (Å²) in [6, 6.07) is 7.68. The summed E-state index contributed by atoms with van der Waals surface area (Å²) in [5.41, 5.74) is 1.75. The molecule has 0 aliphatic carbocycles. The molecule has 5 nitrogen and oxygen atoms in total. The number of nitrogens with zero attached hydrogens (tertiary/aromatic N) is 1. The highest BCUT2D eigenvalue weighted by molar-refractivity contribution is 14.0. The lowest BCUT2D eigenvalue weighted by molar-refractivity contribution is 0.0955. The molecule has 6 heteroatoms. The van der Waals surface area contributed by atoms with Crippen molar-refractivity contribution in [2.24, 2.45) is 10.9 Å². The molecule has 0 saturated carbocycles. The second-order valence-electron chi connectivity index (χ2n) is 6.28. The van der Waals surface area contributed by atoms with Gasteiger partial charge in [-0.05, 0) is 37.0 Å². The summed E-state index contributed by atoms with van der Waals surface area (Å²) in [6.45, 7) is 8.60. The van der Waals surface area contributed by atoms with Crippen molar-refractivity contribution in [2.75, 3.05) is 20.1 Å². The van der Waals surface area contributed by atoms with Crippen molar-refractivity contribution in [1.29, 1.82) is 0 Å². The maximum atomic E-state index is 11.9. The number of guanidine groups is 1. The van der Waals surface area contributed by atoms with Crippen LogP contribution in [0.1, 0.15) is 62.4 Å². The van der Waals surface area contributed by atoms with Crippen molar-refractivity contribution in [3.8, 4) is 0 Å². The van der Waals surface area contributed by atoms with E-state index in [1.807, 2.05) is 31.2 Å². The van der Waals surface area contributed by atoms with E-state index in [0.29, 0.717) is 24.6 Å². The molecule has 3 N–H and O–H groups in total. The van der Waals surface area contributed by atoms with Gasteiger partial charge in [0.2, 0.25) is 0 Å². The number of rotatable bonds is 10. The summed E-state index contributed by atoms with van der Waals surface area (Å²) < 4.78 is 0. The van der Waals surface area contributed by atoms with Gasteiger partial charge in [0.25, 0.3) is 5.91 Å². The Morgan fingerprint density at radius 1 is 1.15 bits per heavy atom. The van der Waals surface area contributed by atoms with Crippen molar-refractivity contribution in [1.82, 2.24) is 16.0 Å². The Bertz CT molecular complexity index is 548. The lowest BCUT2D eigenvalue weighted by Crippen LogP contribution is -2.39. The number of carbonyl (C=O) groups excluding carboxylic acids is 1. The number of benzene rings is 1. The van der Waals surface area contributed by atoms with E-state index in [9.17, 15) is 4.79 Å². The third-order valence-electron chi connectivity index (χ3n) is 4.31. The van der Waals surface area contributed by atoms with Crippen molar-refractivity contribution in [2.45, 2.75) is 53.0 Å². The van der Waals surface area contributed by atoms with Gasteiger partial charge in [0, 0.05) is 32.2 Å². The first-order chi connectivity index (χ1) is 12.1. The highest BCUT2D eigenvalue weighted by atomic mass is 127. The van der Waals surface area contributed by atoms with Crippen LogP contribution in [0.4, 0.5) is 0 Å². The Labute approximate surface area is 175 Å². The van der Waals surface area contributed by atoms with E-state index < -0.39 is 0 Å². The Hall–Kier alpha value is -1.31. The van der Waals surface area contributed by atoms with Gasteiger partial charge in [0.1, 0.15) is 0 Å². The SMILES string of the molecule is CCCCC(CC)CNC(=NC)NCc1cccc(C(=O)NCC)c1.I. The molecule has 0 fully saturated rings. The van der Waals surface area contributed by atoms with E-state index in [1.54, 1.807) is 7.05 Å². The standard InChI is InChI=1S/C20H34N4O.HI/c1-5-8-10-16(6-2)14-23-20(21-4)24-15-17-11-9-12-18(13-17)19(25)22-7-3;/h9,11-13,16H,5-8,10,14-15H2,1-4H3,(H,22,25)(H2,21,23,24);1H. The smallest absolute Gasteiger partial charge is 0.251 e. The van der Waals surface area contributed by atoms with Gasteiger partial charge in [-0.25, -0.2) is 0 Å². The predicted molar refractivity (Wildman–Crippen MR) is 121 cm³/mol.